The highest BCUT2D eigenvalue weighted by atomic mass is 16.5. The van der Waals surface area contributed by atoms with Gasteiger partial charge in [-0.15, -0.1) is 0 Å². The highest BCUT2D eigenvalue weighted by molar-refractivity contribution is 5.83. The van der Waals surface area contributed by atoms with Gasteiger partial charge in [0.05, 0.1) is 7.11 Å². The zero-order valence-electron chi connectivity index (χ0n) is 13.9. The molecule has 0 aliphatic heterocycles. The lowest BCUT2D eigenvalue weighted by Gasteiger charge is -2.30. The highest BCUT2D eigenvalue weighted by Crippen LogP contribution is 2.23. The van der Waals surface area contributed by atoms with Crippen molar-refractivity contribution in [1.29, 1.82) is 0 Å². The van der Waals surface area contributed by atoms with E-state index < -0.39 is 12.0 Å². The Balaban J connectivity index is 1.94. The molecule has 2 N–H and O–H groups in total. The molecule has 0 bridgehead atoms. The van der Waals surface area contributed by atoms with Crippen molar-refractivity contribution < 1.29 is 14.3 Å². The fourth-order valence-electron chi connectivity index (χ4n) is 3.08. The molecule has 1 fully saturated rings. The van der Waals surface area contributed by atoms with Gasteiger partial charge in [0.25, 0.3) is 0 Å². The van der Waals surface area contributed by atoms with E-state index in [-0.39, 0.29) is 12.1 Å². The van der Waals surface area contributed by atoms with Crippen LogP contribution in [0.1, 0.15) is 38.2 Å². The second kappa shape index (κ2) is 8.56. The number of carbonyl (C=O) groups excluding carboxylic acids is 2. The van der Waals surface area contributed by atoms with E-state index in [9.17, 15) is 9.59 Å². The van der Waals surface area contributed by atoms with Crippen LogP contribution in [-0.2, 0) is 16.0 Å². The third kappa shape index (κ3) is 5.27. The Morgan fingerprint density at radius 1 is 1.22 bits per heavy atom. The zero-order chi connectivity index (χ0) is 16.7. The topological polar surface area (TPSA) is 67.4 Å². The van der Waals surface area contributed by atoms with E-state index in [2.05, 4.69) is 17.6 Å². The number of amides is 2. The van der Waals surface area contributed by atoms with E-state index in [1.807, 2.05) is 30.3 Å². The Bertz CT molecular complexity index is 518. The van der Waals surface area contributed by atoms with Gasteiger partial charge < -0.3 is 15.4 Å². The van der Waals surface area contributed by atoms with Gasteiger partial charge in [-0.25, -0.2) is 9.59 Å². The summed E-state index contributed by atoms with van der Waals surface area (Å²) in [4.78, 5) is 24.2. The molecule has 1 aromatic rings. The van der Waals surface area contributed by atoms with Gasteiger partial charge in [0.1, 0.15) is 6.04 Å². The van der Waals surface area contributed by atoms with Gasteiger partial charge >= 0.3 is 12.0 Å². The van der Waals surface area contributed by atoms with Crippen molar-refractivity contribution in [3.05, 3.63) is 35.9 Å². The second-order valence-electron chi connectivity index (χ2n) is 6.25. The molecule has 126 valence electrons. The summed E-state index contributed by atoms with van der Waals surface area (Å²) < 4.78 is 4.82. The molecule has 2 unspecified atom stereocenters. The lowest BCUT2D eigenvalue weighted by atomic mass is 9.86. The first kappa shape index (κ1) is 17.3. The normalized spacial score (nSPS) is 22.0. The van der Waals surface area contributed by atoms with Crippen LogP contribution in [-0.4, -0.2) is 31.2 Å². The molecule has 0 heterocycles. The third-order valence-electron chi connectivity index (χ3n) is 4.50. The number of hydrogen-bond donors (Lipinski definition) is 2. The van der Waals surface area contributed by atoms with Crippen molar-refractivity contribution in [3.63, 3.8) is 0 Å². The van der Waals surface area contributed by atoms with Gasteiger partial charge in [0.2, 0.25) is 0 Å². The number of urea groups is 1. The Labute approximate surface area is 137 Å². The molecule has 1 aliphatic carbocycles. The van der Waals surface area contributed by atoms with Crippen LogP contribution in [0.15, 0.2) is 30.3 Å². The van der Waals surface area contributed by atoms with Crippen molar-refractivity contribution in [2.75, 3.05) is 7.11 Å². The van der Waals surface area contributed by atoms with E-state index in [1.54, 1.807) is 0 Å². The van der Waals surface area contributed by atoms with E-state index in [0.29, 0.717) is 12.3 Å². The molecule has 3 atom stereocenters. The first-order valence-corrected chi connectivity index (χ1v) is 8.29. The molecule has 5 nitrogen and oxygen atoms in total. The van der Waals surface area contributed by atoms with Crippen LogP contribution in [0.5, 0.6) is 0 Å². The third-order valence-corrected chi connectivity index (χ3v) is 4.50. The molecule has 1 aliphatic rings. The number of hydrogen-bond acceptors (Lipinski definition) is 3. The van der Waals surface area contributed by atoms with Gasteiger partial charge in [0, 0.05) is 12.5 Å². The molecule has 1 aromatic carbocycles. The lowest BCUT2D eigenvalue weighted by molar-refractivity contribution is -0.142. The number of esters is 1. The van der Waals surface area contributed by atoms with Crippen LogP contribution >= 0.6 is 0 Å². The van der Waals surface area contributed by atoms with Crippen LogP contribution in [0.25, 0.3) is 0 Å². The molecule has 0 spiro atoms. The van der Waals surface area contributed by atoms with Crippen molar-refractivity contribution in [3.8, 4) is 0 Å². The van der Waals surface area contributed by atoms with Crippen LogP contribution in [0.4, 0.5) is 4.79 Å². The standard InChI is InChI=1S/C18H26N2O3/c1-13-8-6-7-11-15(13)19-18(22)20-16(17(21)23-2)12-14-9-4-3-5-10-14/h3-5,9-10,13,15-16H,6-8,11-12H2,1-2H3,(H2,19,20,22)/t13?,15?,16-/m1/s1. The zero-order valence-corrected chi connectivity index (χ0v) is 13.9. The fraction of sp³-hybridized carbons (Fsp3) is 0.556. The predicted molar refractivity (Wildman–Crippen MR) is 89.0 cm³/mol. The highest BCUT2D eigenvalue weighted by Gasteiger charge is 2.26. The van der Waals surface area contributed by atoms with Crippen LogP contribution in [0, 0.1) is 5.92 Å². The van der Waals surface area contributed by atoms with Crippen molar-refractivity contribution >= 4 is 12.0 Å². The number of rotatable bonds is 5. The summed E-state index contributed by atoms with van der Waals surface area (Å²) in [5.41, 5.74) is 0.981. The maximum absolute atomic E-state index is 12.2. The SMILES string of the molecule is COC(=O)[C@@H](Cc1ccccc1)NC(=O)NC1CCCCC1C. The molecule has 2 amide bonds. The van der Waals surface area contributed by atoms with E-state index in [0.717, 1.165) is 24.8 Å². The summed E-state index contributed by atoms with van der Waals surface area (Å²) in [6, 6.07) is 8.80. The first-order chi connectivity index (χ1) is 11.1. The lowest BCUT2D eigenvalue weighted by Crippen LogP contribution is -2.52. The van der Waals surface area contributed by atoms with Gasteiger partial charge in [-0.05, 0) is 24.3 Å². The van der Waals surface area contributed by atoms with Crippen molar-refractivity contribution in [1.82, 2.24) is 10.6 Å². The molecule has 23 heavy (non-hydrogen) atoms. The largest absolute Gasteiger partial charge is 0.467 e. The summed E-state index contributed by atoms with van der Waals surface area (Å²) in [6.45, 7) is 2.16. The predicted octanol–water partition coefficient (Wildman–Crippen LogP) is 2.65. The van der Waals surface area contributed by atoms with Gasteiger partial charge in [-0.2, -0.15) is 0 Å². The minimum Gasteiger partial charge on any atom is -0.467 e. The monoisotopic (exact) mass is 318 g/mol. The Morgan fingerprint density at radius 2 is 1.91 bits per heavy atom. The number of ether oxygens (including phenoxy) is 1. The van der Waals surface area contributed by atoms with Crippen LogP contribution in [0.3, 0.4) is 0 Å². The Morgan fingerprint density at radius 3 is 2.57 bits per heavy atom. The summed E-state index contributed by atoms with van der Waals surface area (Å²) in [5.74, 6) is 0.0425. The van der Waals surface area contributed by atoms with Gasteiger partial charge in [0.15, 0.2) is 0 Å². The minimum atomic E-state index is -0.679. The fourth-order valence-corrected chi connectivity index (χ4v) is 3.08. The number of carbonyl (C=O) groups is 2. The quantitative estimate of drug-likeness (QED) is 0.820. The number of methoxy groups -OCH3 is 1. The molecular formula is C18H26N2O3. The van der Waals surface area contributed by atoms with Gasteiger partial charge in [-0.3, -0.25) is 0 Å². The molecule has 1 saturated carbocycles. The summed E-state index contributed by atoms with van der Waals surface area (Å²) in [7, 11) is 1.34. The maximum Gasteiger partial charge on any atom is 0.328 e. The Hall–Kier alpha value is -2.04. The molecule has 5 heteroatoms. The second-order valence-corrected chi connectivity index (χ2v) is 6.25. The molecular weight excluding hydrogens is 292 g/mol. The van der Waals surface area contributed by atoms with Crippen molar-refractivity contribution in [2.24, 2.45) is 5.92 Å². The smallest absolute Gasteiger partial charge is 0.328 e. The molecule has 0 aromatic heterocycles. The van der Waals surface area contributed by atoms with Crippen LogP contribution < -0.4 is 10.6 Å². The number of benzene rings is 1. The Kier molecular flexibility index (Phi) is 6.44. The summed E-state index contributed by atoms with van der Waals surface area (Å²) >= 11 is 0. The van der Waals surface area contributed by atoms with E-state index in [1.165, 1.54) is 13.5 Å². The van der Waals surface area contributed by atoms with E-state index >= 15 is 0 Å². The van der Waals surface area contributed by atoms with Gasteiger partial charge in [-0.1, -0.05) is 50.1 Å². The average Bonchev–Trinajstić information content (AvgIpc) is 2.56. The minimum absolute atomic E-state index is 0.179. The number of nitrogens with one attached hydrogen (secondary N) is 2. The molecule has 0 radical (unpaired) electrons. The maximum atomic E-state index is 12.2. The van der Waals surface area contributed by atoms with E-state index in [4.69, 9.17) is 4.74 Å². The molecule has 2 rings (SSSR count). The van der Waals surface area contributed by atoms with Crippen molar-refractivity contribution in [2.45, 2.75) is 51.1 Å². The summed E-state index contributed by atoms with van der Waals surface area (Å²) in [5, 5.41) is 5.77. The first-order valence-electron chi connectivity index (χ1n) is 8.29. The molecule has 0 saturated heterocycles. The average molecular weight is 318 g/mol. The van der Waals surface area contributed by atoms with Crippen LogP contribution in [0.2, 0.25) is 0 Å². The summed E-state index contributed by atoms with van der Waals surface area (Å²) in [6.07, 6.45) is 4.91.